The maximum absolute atomic E-state index is 12.5. The van der Waals surface area contributed by atoms with E-state index < -0.39 is 5.91 Å². The van der Waals surface area contributed by atoms with E-state index in [-0.39, 0.29) is 33.4 Å². The maximum Gasteiger partial charge on any atom is 0.258 e. The first-order valence-corrected chi connectivity index (χ1v) is 9.04. The van der Waals surface area contributed by atoms with Crippen LogP contribution in [0.3, 0.4) is 0 Å². The van der Waals surface area contributed by atoms with Crippen LogP contribution < -0.4 is 10.6 Å². The van der Waals surface area contributed by atoms with Crippen LogP contribution in [0, 0.1) is 5.92 Å². The summed E-state index contributed by atoms with van der Waals surface area (Å²) in [4.78, 5) is 28.9. The van der Waals surface area contributed by atoms with E-state index in [1.54, 1.807) is 30.3 Å². The van der Waals surface area contributed by atoms with Crippen LogP contribution in [0.5, 0.6) is 0 Å². The lowest BCUT2D eigenvalue weighted by Crippen LogP contribution is -2.17. The zero-order valence-corrected chi connectivity index (χ0v) is 15.7. The average Bonchev–Trinajstić information content (AvgIpc) is 3.27. The van der Waals surface area contributed by atoms with Gasteiger partial charge in [0.25, 0.3) is 5.91 Å². The van der Waals surface area contributed by atoms with Gasteiger partial charge in [-0.3, -0.25) is 9.59 Å². The molecule has 11 heteroatoms. The number of nitrogens with one attached hydrogen (secondary N) is 3. The maximum atomic E-state index is 12.5. The quantitative estimate of drug-likeness (QED) is 0.585. The number of pyridine rings is 1. The number of H-pyrrole nitrogens is 1. The zero-order chi connectivity index (χ0) is 19.7. The van der Waals surface area contributed by atoms with Gasteiger partial charge >= 0.3 is 0 Å². The Morgan fingerprint density at radius 1 is 1.14 bits per heavy atom. The van der Waals surface area contributed by atoms with Crippen molar-refractivity contribution in [3.63, 3.8) is 0 Å². The molecule has 0 unspecified atom stereocenters. The van der Waals surface area contributed by atoms with Crippen molar-refractivity contribution in [3.8, 4) is 0 Å². The topological polar surface area (TPSA) is 126 Å². The van der Waals surface area contributed by atoms with Gasteiger partial charge in [0.05, 0.1) is 15.6 Å². The van der Waals surface area contributed by atoms with E-state index in [0.29, 0.717) is 23.8 Å². The number of carbonyl (C=O) groups is 2. The highest BCUT2D eigenvalue weighted by molar-refractivity contribution is 6.40. The lowest BCUT2D eigenvalue weighted by Gasteiger charge is -2.10. The highest BCUT2D eigenvalue weighted by Gasteiger charge is 2.46. The molecule has 28 heavy (non-hydrogen) atoms. The first kappa shape index (κ1) is 18.3. The van der Waals surface area contributed by atoms with E-state index in [0.717, 1.165) is 0 Å². The molecular formula is C17H13Cl2N7O2. The second kappa shape index (κ2) is 7.53. The Hall–Kier alpha value is -3.04. The number of carbonyl (C=O) groups excluding carboxylic acids is 2. The first-order valence-electron chi connectivity index (χ1n) is 8.29. The summed E-state index contributed by atoms with van der Waals surface area (Å²) in [6.45, 7) is 0. The summed E-state index contributed by atoms with van der Waals surface area (Å²) in [5.74, 6) is 0.00259. The van der Waals surface area contributed by atoms with E-state index in [1.165, 1.54) is 6.20 Å². The first-order chi connectivity index (χ1) is 13.5. The van der Waals surface area contributed by atoms with Gasteiger partial charge in [0.2, 0.25) is 5.91 Å². The third kappa shape index (κ3) is 3.80. The molecule has 2 heterocycles. The normalized spacial score (nSPS) is 17.8. The second-order valence-electron chi connectivity index (χ2n) is 6.20. The standard InChI is InChI=1S/C17H13Cl2N7O2/c18-11-2-1-3-12(19)14(11)17(28)21-8-4-5-20-13(6-8)22-16(27)10-7-9(10)15-23-25-26-24-15/h1-6,9-10H,7H2,(H,23,24,25,26)(H2,20,21,22,27,28)/t9-,10-/m0/s1. The van der Waals surface area contributed by atoms with Crippen LogP contribution in [0.25, 0.3) is 0 Å². The third-order valence-corrected chi connectivity index (χ3v) is 4.93. The molecule has 2 amide bonds. The van der Waals surface area contributed by atoms with E-state index >= 15 is 0 Å². The van der Waals surface area contributed by atoms with Crippen LogP contribution in [0.15, 0.2) is 36.5 Å². The molecule has 0 saturated heterocycles. The molecule has 142 valence electrons. The molecule has 1 aliphatic rings. The Labute approximate surface area is 168 Å². The summed E-state index contributed by atoms with van der Waals surface area (Å²) in [5, 5.41) is 19.4. The van der Waals surface area contributed by atoms with E-state index in [9.17, 15) is 9.59 Å². The minimum atomic E-state index is -0.459. The zero-order valence-electron chi connectivity index (χ0n) is 14.2. The molecule has 0 aliphatic heterocycles. The predicted octanol–water partition coefficient (Wildman–Crippen LogP) is 2.90. The molecule has 3 aromatic rings. The Balaban J connectivity index is 1.42. The molecule has 1 aromatic carbocycles. The van der Waals surface area contributed by atoms with Crippen molar-refractivity contribution in [2.45, 2.75) is 12.3 Å². The van der Waals surface area contributed by atoms with Crippen LogP contribution >= 0.6 is 23.2 Å². The van der Waals surface area contributed by atoms with Crippen LogP contribution in [-0.2, 0) is 4.79 Å². The van der Waals surface area contributed by atoms with Crippen LogP contribution in [-0.4, -0.2) is 37.4 Å². The highest BCUT2D eigenvalue weighted by Crippen LogP contribution is 2.46. The van der Waals surface area contributed by atoms with Crippen LogP contribution in [0.1, 0.15) is 28.5 Å². The number of amides is 2. The number of aromatic amines is 1. The molecule has 1 fully saturated rings. The fourth-order valence-electron chi connectivity index (χ4n) is 2.81. The lowest BCUT2D eigenvalue weighted by atomic mass is 10.2. The second-order valence-corrected chi connectivity index (χ2v) is 7.02. The van der Waals surface area contributed by atoms with Gasteiger partial charge in [0, 0.05) is 29.8 Å². The van der Waals surface area contributed by atoms with Crippen molar-refractivity contribution in [2.24, 2.45) is 5.92 Å². The smallest absolute Gasteiger partial charge is 0.258 e. The summed E-state index contributed by atoms with van der Waals surface area (Å²) in [6.07, 6.45) is 2.13. The van der Waals surface area contributed by atoms with E-state index in [1.807, 2.05) is 0 Å². The summed E-state index contributed by atoms with van der Waals surface area (Å²) in [7, 11) is 0. The molecule has 0 radical (unpaired) electrons. The van der Waals surface area contributed by atoms with Crippen LogP contribution in [0.4, 0.5) is 11.5 Å². The molecule has 0 spiro atoms. The monoisotopic (exact) mass is 417 g/mol. The molecule has 9 nitrogen and oxygen atoms in total. The third-order valence-electron chi connectivity index (χ3n) is 4.30. The minimum absolute atomic E-state index is 0.0275. The van der Waals surface area contributed by atoms with Crippen molar-refractivity contribution in [3.05, 3.63) is 58.0 Å². The SMILES string of the molecule is O=C(Nc1ccnc(NC(=O)[C@H]2C[C@@H]2c2nnn[nH]2)c1)c1c(Cl)cccc1Cl. The van der Waals surface area contributed by atoms with Gasteiger partial charge in [-0.1, -0.05) is 29.3 Å². The number of anilines is 2. The number of tetrazole rings is 1. The van der Waals surface area contributed by atoms with E-state index in [4.69, 9.17) is 23.2 Å². The van der Waals surface area contributed by atoms with Gasteiger partial charge in [-0.15, -0.1) is 5.10 Å². The number of hydrogen-bond donors (Lipinski definition) is 3. The van der Waals surface area contributed by atoms with E-state index in [2.05, 4.69) is 36.2 Å². The van der Waals surface area contributed by atoms with Crippen LogP contribution in [0.2, 0.25) is 10.0 Å². The molecule has 1 aliphatic carbocycles. The molecule has 2 atom stereocenters. The Kier molecular flexibility index (Phi) is 4.93. The van der Waals surface area contributed by atoms with Crippen molar-refractivity contribution in [1.82, 2.24) is 25.6 Å². The Morgan fingerprint density at radius 3 is 2.64 bits per heavy atom. The molecule has 4 rings (SSSR count). The van der Waals surface area contributed by atoms with Gasteiger partial charge < -0.3 is 10.6 Å². The van der Waals surface area contributed by atoms with Crippen molar-refractivity contribution < 1.29 is 9.59 Å². The van der Waals surface area contributed by atoms with Gasteiger partial charge in [0.15, 0.2) is 5.82 Å². The number of rotatable bonds is 5. The lowest BCUT2D eigenvalue weighted by molar-refractivity contribution is -0.117. The van der Waals surface area contributed by atoms with Gasteiger partial charge in [-0.2, -0.15) is 0 Å². The highest BCUT2D eigenvalue weighted by atomic mass is 35.5. The number of halogens is 2. The molecule has 2 aromatic heterocycles. The Morgan fingerprint density at radius 2 is 1.93 bits per heavy atom. The average molecular weight is 418 g/mol. The summed E-state index contributed by atoms with van der Waals surface area (Å²) in [6, 6.07) is 7.96. The van der Waals surface area contributed by atoms with Crippen molar-refractivity contribution in [2.75, 3.05) is 10.6 Å². The van der Waals surface area contributed by atoms with Crippen molar-refractivity contribution in [1.29, 1.82) is 0 Å². The number of benzene rings is 1. The molecule has 3 N–H and O–H groups in total. The minimum Gasteiger partial charge on any atom is -0.322 e. The molecular weight excluding hydrogens is 405 g/mol. The summed E-state index contributed by atoms with van der Waals surface area (Å²) >= 11 is 12.1. The largest absolute Gasteiger partial charge is 0.322 e. The fourth-order valence-corrected chi connectivity index (χ4v) is 3.38. The fraction of sp³-hybridized carbons (Fsp3) is 0.176. The predicted molar refractivity (Wildman–Crippen MR) is 102 cm³/mol. The molecule has 1 saturated carbocycles. The molecule has 0 bridgehead atoms. The van der Waals surface area contributed by atoms with Gasteiger partial charge in [-0.25, -0.2) is 10.1 Å². The van der Waals surface area contributed by atoms with Gasteiger partial charge in [0.1, 0.15) is 5.82 Å². The number of nitrogens with zero attached hydrogens (tertiary/aromatic N) is 4. The Bertz CT molecular complexity index is 1020. The summed E-state index contributed by atoms with van der Waals surface area (Å²) in [5.41, 5.74) is 0.618. The summed E-state index contributed by atoms with van der Waals surface area (Å²) < 4.78 is 0. The number of hydrogen-bond acceptors (Lipinski definition) is 6. The van der Waals surface area contributed by atoms with Crippen molar-refractivity contribution >= 4 is 46.5 Å². The number of aromatic nitrogens is 5. The van der Waals surface area contributed by atoms with Gasteiger partial charge in [-0.05, 0) is 35.0 Å².